The third-order valence-electron chi connectivity index (χ3n) is 5.88. The predicted octanol–water partition coefficient (Wildman–Crippen LogP) is 6.09. The van der Waals surface area contributed by atoms with Crippen molar-refractivity contribution in [1.82, 2.24) is 0 Å². The molecule has 4 nitrogen and oxygen atoms in total. The van der Waals surface area contributed by atoms with E-state index < -0.39 is 29.2 Å². The second-order valence-corrected chi connectivity index (χ2v) is 8.14. The van der Waals surface area contributed by atoms with E-state index in [1.807, 2.05) is 0 Å². The minimum atomic E-state index is -3.52. The van der Waals surface area contributed by atoms with Gasteiger partial charge in [-0.15, -0.1) is 0 Å². The number of alkyl halides is 2. The highest BCUT2D eigenvalue weighted by atomic mass is 19.3. The van der Waals surface area contributed by atoms with Gasteiger partial charge in [-0.25, -0.2) is 9.18 Å². The second kappa shape index (κ2) is 9.86. The number of benzene rings is 1. The molecule has 1 heterocycles. The summed E-state index contributed by atoms with van der Waals surface area (Å²) in [6, 6.07) is 4.19. The molecular weight excluding hydrogens is 397 g/mol. The van der Waals surface area contributed by atoms with Crippen LogP contribution in [0.25, 0.3) is 10.8 Å². The fraction of sp³-hybridized carbons (Fsp3) is 0.609. The van der Waals surface area contributed by atoms with E-state index in [0.29, 0.717) is 37.0 Å². The number of fused-ring (bicyclic) bond motifs is 1. The average Bonchev–Trinajstić information content (AvgIpc) is 2.71. The van der Waals surface area contributed by atoms with Crippen molar-refractivity contribution < 1.29 is 27.1 Å². The van der Waals surface area contributed by atoms with Gasteiger partial charge in [0.05, 0.1) is 5.92 Å². The Labute approximate surface area is 174 Å². The van der Waals surface area contributed by atoms with Crippen molar-refractivity contribution in [3.05, 3.63) is 40.2 Å². The molecule has 30 heavy (non-hydrogen) atoms. The van der Waals surface area contributed by atoms with Crippen molar-refractivity contribution in [3.63, 3.8) is 0 Å². The van der Waals surface area contributed by atoms with Crippen LogP contribution in [0.5, 0.6) is 5.75 Å². The van der Waals surface area contributed by atoms with E-state index in [1.165, 1.54) is 6.07 Å². The maximum absolute atomic E-state index is 14.9. The minimum Gasteiger partial charge on any atom is -0.429 e. The van der Waals surface area contributed by atoms with E-state index in [2.05, 4.69) is 6.92 Å². The summed E-state index contributed by atoms with van der Waals surface area (Å²) in [5.41, 5.74) is -0.870. The van der Waals surface area contributed by atoms with E-state index in [4.69, 9.17) is 13.9 Å². The van der Waals surface area contributed by atoms with Crippen LogP contribution in [0.1, 0.15) is 57.6 Å². The normalized spacial score (nSPS) is 19.9. The van der Waals surface area contributed by atoms with Gasteiger partial charge in [0.1, 0.15) is 11.1 Å². The number of unbranched alkanes of at least 4 members (excludes halogenated alkanes) is 2. The fourth-order valence-electron chi connectivity index (χ4n) is 4.15. The summed E-state index contributed by atoms with van der Waals surface area (Å²) in [6.07, 6.45) is 1.70. The first-order valence-electron chi connectivity index (χ1n) is 10.7. The fourth-order valence-corrected chi connectivity index (χ4v) is 4.15. The summed E-state index contributed by atoms with van der Waals surface area (Å²) >= 11 is 0. The number of halogens is 3. The Bertz CT molecular complexity index is 901. The predicted molar refractivity (Wildman–Crippen MR) is 109 cm³/mol. The quantitative estimate of drug-likeness (QED) is 0.455. The highest BCUT2D eigenvalue weighted by Crippen LogP contribution is 2.41. The molecule has 2 aromatic rings. The van der Waals surface area contributed by atoms with E-state index in [-0.39, 0.29) is 24.1 Å². The zero-order valence-corrected chi connectivity index (χ0v) is 17.5. The highest BCUT2D eigenvalue weighted by molar-refractivity contribution is 5.83. The molecule has 0 amide bonds. The van der Waals surface area contributed by atoms with Crippen LogP contribution in [0.2, 0.25) is 0 Å². The van der Waals surface area contributed by atoms with E-state index in [0.717, 1.165) is 25.3 Å². The van der Waals surface area contributed by atoms with Crippen molar-refractivity contribution in [1.29, 1.82) is 0 Å². The van der Waals surface area contributed by atoms with E-state index in [1.54, 1.807) is 13.2 Å². The zero-order valence-electron chi connectivity index (χ0n) is 17.5. The molecule has 0 saturated heterocycles. The third-order valence-corrected chi connectivity index (χ3v) is 5.88. The summed E-state index contributed by atoms with van der Waals surface area (Å²) in [5.74, 6) is -2.01. The summed E-state index contributed by atoms with van der Waals surface area (Å²) in [5, 5.41) is -0.0302. The lowest BCUT2D eigenvalue weighted by Crippen LogP contribution is -2.38. The van der Waals surface area contributed by atoms with Gasteiger partial charge in [-0.1, -0.05) is 25.8 Å². The van der Waals surface area contributed by atoms with Gasteiger partial charge in [0.15, 0.2) is 11.6 Å². The molecule has 3 rings (SSSR count). The molecule has 0 atom stereocenters. The lowest BCUT2D eigenvalue weighted by molar-refractivity contribution is -0.225. The van der Waals surface area contributed by atoms with Gasteiger partial charge in [-0.3, -0.25) is 0 Å². The van der Waals surface area contributed by atoms with Crippen LogP contribution >= 0.6 is 0 Å². The Morgan fingerprint density at radius 2 is 1.90 bits per heavy atom. The van der Waals surface area contributed by atoms with E-state index >= 15 is 0 Å². The first-order valence-corrected chi connectivity index (χ1v) is 10.7. The standard InChI is InChI=1S/C23H29F3O4/c1-3-4-5-6-18-13-16-9-12-19(21(24)20(16)22(27)29-18)30-23(25,26)17-10-7-15(8-11-17)14-28-2/h9,12-13,15,17H,3-8,10-11,14H2,1-2H3. The monoisotopic (exact) mass is 426 g/mol. The molecule has 0 spiro atoms. The van der Waals surface area contributed by atoms with Crippen LogP contribution in [0.3, 0.4) is 0 Å². The highest BCUT2D eigenvalue weighted by Gasteiger charge is 2.44. The Kier molecular flexibility index (Phi) is 7.45. The zero-order chi connectivity index (χ0) is 21.7. The Hall–Kier alpha value is -2.02. The van der Waals surface area contributed by atoms with Gasteiger partial charge in [0.2, 0.25) is 0 Å². The minimum absolute atomic E-state index is 0.260. The topological polar surface area (TPSA) is 48.7 Å². The molecule has 166 valence electrons. The van der Waals surface area contributed by atoms with Crippen LogP contribution in [0.15, 0.2) is 27.4 Å². The van der Waals surface area contributed by atoms with Gasteiger partial charge in [-0.2, -0.15) is 8.78 Å². The number of hydrogen-bond donors (Lipinski definition) is 0. The molecule has 0 N–H and O–H groups in total. The van der Waals surface area contributed by atoms with Crippen molar-refractivity contribution in [3.8, 4) is 5.75 Å². The molecule has 1 fully saturated rings. The molecule has 1 aromatic heterocycles. The average molecular weight is 426 g/mol. The molecule has 0 bridgehead atoms. The maximum atomic E-state index is 14.9. The van der Waals surface area contributed by atoms with E-state index in [9.17, 15) is 18.0 Å². The maximum Gasteiger partial charge on any atom is 0.400 e. The summed E-state index contributed by atoms with van der Waals surface area (Å²) in [4.78, 5) is 12.3. The van der Waals surface area contributed by atoms with Crippen LogP contribution in [-0.4, -0.2) is 19.8 Å². The molecule has 1 aromatic carbocycles. The van der Waals surface area contributed by atoms with Crippen LogP contribution in [-0.2, 0) is 11.2 Å². The van der Waals surface area contributed by atoms with Gasteiger partial charge >= 0.3 is 11.7 Å². The summed E-state index contributed by atoms with van der Waals surface area (Å²) < 4.78 is 59.4. The van der Waals surface area contributed by atoms with Crippen LogP contribution in [0, 0.1) is 17.7 Å². The number of methoxy groups -OCH3 is 1. The van der Waals surface area contributed by atoms with Crippen molar-refractivity contribution >= 4 is 10.8 Å². The molecule has 1 saturated carbocycles. The molecule has 1 aliphatic rings. The van der Waals surface area contributed by atoms with Crippen LogP contribution < -0.4 is 10.4 Å². The van der Waals surface area contributed by atoms with Crippen LogP contribution in [0.4, 0.5) is 13.2 Å². The number of rotatable bonds is 9. The number of ether oxygens (including phenoxy) is 2. The largest absolute Gasteiger partial charge is 0.429 e. The van der Waals surface area contributed by atoms with Gasteiger partial charge in [-0.05, 0) is 55.5 Å². The Morgan fingerprint density at radius 1 is 1.17 bits per heavy atom. The molecule has 7 heteroatoms. The van der Waals surface area contributed by atoms with Gasteiger partial charge in [0.25, 0.3) is 0 Å². The lowest BCUT2D eigenvalue weighted by atomic mass is 9.82. The summed E-state index contributed by atoms with van der Waals surface area (Å²) in [7, 11) is 1.59. The van der Waals surface area contributed by atoms with Crippen molar-refractivity contribution in [2.45, 2.75) is 64.4 Å². The first-order chi connectivity index (χ1) is 14.4. The van der Waals surface area contributed by atoms with Gasteiger partial charge in [0, 0.05) is 20.1 Å². The lowest BCUT2D eigenvalue weighted by Gasteiger charge is -2.33. The molecule has 0 radical (unpaired) electrons. The molecule has 0 aliphatic heterocycles. The molecule has 0 unspecified atom stereocenters. The third kappa shape index (κ3) is 5.17. The number of aryl methyl sites for hydroxylation is 1. The van der Waals surface area contributed by atoms with Crippen molar-refractivity contribution in [2.75, 3.05) is 13.7 Å². The molecular formula is C23H29F3O4. The Balaban J connectivity index is 1.77. The molecule has 1 aliphatic carbocycles. The Morgan fingerprint density at radius 3 is 2.57 bits per heavy atom. The van der Waals surface area contributed by atoms with Gasteiger partial charge < -0.3 is 13.9 Å². The smallest absolute Gasteiger partial charge is 0.400 e. The number of hydrogen-bond acceptors (Lipinski definition) is 4. The van der Waals surface area contributed by atoms with Crippen molar-refractivity contribution in [2.24, 2.45) is 11.8 Å². The first kappa shape index (κ1) is 22.7. The second-order valence-electron chi connectivity index (χ2n) is 8.14. The SMILES string of the molecule is CCCCCc1cc2ccc(OC(F)(F)C3CCC(COC)CC3)c(F)c2c(=O)o1. The summed E-state index contributed by atoms with van der Waals surface area (Å²) in [6.45, 7) is 2.61.